The number of halogens is 1. The predicted molar refractivity (Wildman–Crippen MR) is 93.4 cm³/mol. The molecular weight excluding hydrogens is 360 g/mol. The molecule has 1 saturated heterocycles. The number of nitrogens with zero attached hydrogens (tertiary/aromatic N) is 1. The lowest BCUT2D eigenvalue weighted by Crippen LogP contribution is -2.54. The van der Waals surface area contributed by atoms with Crippen LogP contribution in [0.1, 0.15) is 26.3 Å². The fourth-order valence-electron chi connectivity index (χ4n) is 2.41. The van der Waals surface area contributed by atoms with Gasteiger partial charge in [0.2, 0.25) is 0 Å². The van der Waals surface area contributed by atoms with E-state index in [0.717, 1.165) is 11.0 Å². The molecule has 0 aliphatic carbocycles. The fraction of sp³-hybridized carbons (Fsp3) is 0.588. The Kier molecular flexibility index (Phi) is 6.44. The number of hydrogen-bond donors (Lipinski definition) is 1. The maximum absolute atomic E-state index is 12.3. The lowest BCUT2D eigenvalue weighted by molar-refractivity contribution is -0.0317. The van der Waals surface area contributed by atoms with Crippen molar-refractivity contribution < 1.29 is 14.3 Å². The first kappa shape index (κ1) is 18.2. The first-order chi connectivity index (χ1) is 10.8. The van der Waals surface area contributed by atoms with Crippen molar-refractivity contribution in [3.8, 4) is 0 Å². The molecular formula is C17H25BrN2O3. The molecule has 128 valence electrons. The number of hydrogen-bond acceptors (Lipinski definition) is 4. The molecule has 0 radical (unpaired) electrons. The van der Waals surface area contributed by atoms with Crippen LogP contribution >= 0.6 is 15.9 Å². The number of carbonyl (C=O) groups is 1. The van der Waals surface area contributed by atoms with E-state index in [1.54, 1.807) is 4.90 Å². The molecule has 1 N–H and O–H groups in total. The number of carbonyl (C=O) groups excluding carboxylic acids is 1. The van der Waals surface area contributed by atoms with E-state index in [2.05, 4.69) is 33.4 Å². The summed E-state index contributed by atoms with van der Waals surface area (Å²) in [5.74, 6) is 0. The quantitative estimate of drug-likeness (QED) is 0.865. The van der Waals surface area contributed by atoms with E-state index < -0.39 is 5.60 Å². The van der Waals surface area contributed by atoms with E-state index in [-0.39, 0.29) is 12.1 Å². The van der Waals surface area contributed by atoms with Crippen molar-refractivity contribution in [2.45, 2.75) is 39.0 Å². The summed E-state index contributed by atoms with van der Waals surface area (Å²) in [6, 6.07) is 8.16. The summed E-state index contributed by atoms with van der Waals surface area (Å²) in [6.45, 7) is 8.72. The minimum atomic E-state index is -0.482. The second-order valence-electron chi connectivity index (χ2n) is 6.66. The molecule has 1 heterocycles. The summed E-state index contributed by atoms with van der Waals surface area (Å²) in [7, 11) is 0. The maximum atomic E-state index is 12.3. The van der Waals surface area contributed by atoms with Crippen LogP contribution in [0.15, 0.2) is 28.7 Å². The van der Waals surface area contributed by atoms with Crippen LogP contribution in [0.4, 0.5) is 4.79 Å². The molecule has 1 unspecified atom stereocenters. The van der Waals surface area contributed by atoms with Crippen molar-refractivity contribution in [1.82, 2.24) is 10.2 Å². The Bertz CT molecular complexity index is 531. The largest absolute Gasteiger partial charge is 0.444 e. The molecule has 6 heteroatoms. The second kappa shape index (κ2) is 8.13. The van der Waals surface area contributed by atoms with Gasteiger partial charge in [0, 0.05) is 24.1 Å². The highest BCUT2D eigenvalue weighted by molar-refractivity contribution is 9.10. The van der Waals surface area contributed by atoms with Crippen molar-refractivity contribution in [3.63, 3.8) is 0 Å². The minimum Gasteiger partial charge on any atom is -0.444 e. The lowest BCUT2D eigenvalue weighted by atomic mass is 10.2. The normalized spacial score (nSPS) is 18.8. The zero-order valence-electron chi connectivity index (χ0n) is 14.0. The van der Waals surface area contributed by atoms with Crippen molar-refractivity contribution in [1.29, 1.82) is 0 Å². The summed E-state index contributed by atoms with van der Waals surface area (Å²) in [6.07, 6.45) is -0.268. The molecule has 1 amide bonds. The molecule has 1 aromatic carbocycles. The third-order valence-corrected chi connectivity index (χ3v) is 3.95. The van der Waals surface area contributed by atoms with Crippen LogP contribution in [0.5, 0.6) is 0 Å². The molecule has 1 aromatic rings. The average Bonchev–Trinajstić information content (AvgIpc) is 2.46. The highest BCUT2D eigenvalue weighted by atomic mass is 79.9. The predicted octanol–water partition coefficient (Wildman–Crippen LogP) is 3.17. The highest BCUT2D eigenvalue weighted by Gasteiger charge is 2.30. The molecule has 1 atom stereocenters. The van der Waals surface area contributed by atoms with Gasteiger partial charge in [-0.1, -0.05) is 28.1 Å². The Morgan fingerprint density at radius 2 is 2.26 bits per heavy atom. The summed E-state index contributed by atoms with van der Waals surface area (Å²) in [5.41, 5.74) is 0.712. The Hall–Kier alpha value is -1.11. The third kappa shape index (κ3) is 6.12. The number of amides is 1. The van der Waals surface area contributed by atoms with Gasteiger partial charge in [0.05, 0.1) is 19.3 Å². The van der Waals surface area contributed by atoms with Crippen molar-refractivity contribution in [2.75, 3.05) is 26.3 Å². The summed E-state index contributed by atoms with van der Waals surface area (Å²) in [4.78, 5) is 14.1. The van der Waals surface area contributed by atoms with Crippen LogP contribution in [-0.2, 0) is 16.0 Å². The van der Waals surface area contributed by atoms with E-state index in [4.69, 9.17) is 9.47 Å². The topological polar surface area (TPSA) is 50.8 Å². The molecule has 0 saturated carbocycles. The van der Waals surface area contributed by atoms with Gasteiger partial charge in [0.15, 0.2) is 0 Å². The first-order valence-corrected chi connectivity index (χ1v) is 8.67. The smallest absolute Gasteiger partial charge is 0.410 e. The van der Waals surface area contributed by atoms with E-state index >= 15 is 0 Å². The molecule has 1 aliphatic rings. The van der Waals surface area contributed by atoms with Crippen LogP contribution < -0.4 is 5.32 Å². The van der Waals surface area contributed by atoms with Crippen LogP contribution in [0.2, 0.25) is 0 Å². The van der Waals surface area contributed by atoms with Gasteiger partial charge in [-0.2, -0.15) is 0 Å². The molecule has 0 spiro atoms. The van der Waals surface area contributed by atoms with Crippen molar-refractivity contribution in [2.24, 2.45) is 0 Å². The van der Waals surface area contributed by atoms with Gasteiger partial charge in [0.25, 0.3) is 0 Å². The molecule has 0 bridgehead atoms. The van der Waals surface area contributed by atoms with Gasteiger partial charge >= 0.3 is 6.09 Å². The van der Waals surface area contributed by atoms with Crippen LogP contribution in [-0.4, -0.2) is 48.9 Å². The molecule has 1 fully saturated rings. The van der Waals surface area contributed by atoms with Crippen molar-refractivity contribution in [3.05, 3.63) is 34.3 Å². The van der Waals surface area contributed by atoms with Crippen LogP contribution in [0, 0.1) is 0 Å². The lowest BCUT2D eigenvalue weighted by Gasteiger charge is -2.36. The maximum Gasteiger partial charge on any atom is 0.410 e. The number of rotatable bonds is 4. The average molecular weight is 385 g/mol. The molecule has 0 aromatic heterocycles. The summed E-state index contributed by atoms with van der Waals surface area (Å²) >= 11 is 3.47. The van der Waals surface area contributed by atoms with Crippen LogP contribution in [0.3, 0.4) is 0 Å². The van der Waals surface area contributed by atoms with Crippen LogP contribution in [0.25, 0.3) is 0 Å². The Morgan fingerprint density at radius 3 is 2.96 bits per heavy atom. The highest BCUT2D eigenvalue weighted by Crippen LogP contribution is 2.15. The fourth-order valence-corrected chi connectivity index (χ4v) is 2.86. The minimum absolute atomic E-state index is 0.00856. The second-order valence-corrected chi connectivity index (χ2v) is 7.58. The molecule has 1 aliphatic heterocycles. The molecule has 23 heavy (non-hydrogen) atoms. The van der Waals surface area contributed by atoms with E-state index in [1.165, 1.54) is 5.56 Å². The van der Waals surface area contributed by atoms with E-state index in [0.29, 0.717) is 26.3 Å². The standard InChI is InChI=1S/C17H25BrN2O3/c1-17(2,3)23-16(21)20-7-8-22-12-15(20)11-19-10-13-5-4-6-14(18)9-13/h4-6,9,15,19H,7-8,10-12H2,1-3H3. The number of nitrogens with one attached hydrogen (secondary N) is 1. The Morgan fingerprint density at radius 1 is 1.48 bits per heavy atom. The summed E-state index contributed by atoms with van der Waals surface area (Å²) < 4.78 is 12.1. The third-order valence-electron chi connectivity index (χ3n) is 3.45. The van der Waals surface area contributed by atoms with Gasteiger partial charge in [-0.15, -0.1) is 0 Å². The van der Waals surface area contributed by atoms with Gasteiger partial charge in [-0.05, 0) is 38.5 Å². The Labute approximate surface area is 146 Å². The number of ether oxygens (including phenoxy) is 2. The number of morpholine rings is 1. The summed E-state index contributed by atoms with van der Waals surface area (Å²) in [5, 5.41) is 3.40. The SMILES string of the molecule is CC(C)(C)OC(=O)N1CCOCC1CNCc1cccc(Br)c1. The Balaban J connectivity index is 1.87. The van der Waals surface area contributed by atoms with Gasteiger partial charge in [-0.25, -0.2) is 4.79 Å². The van der Waals surface area contributed by atoms with Gasteiger partial charge in [0.1, 0.15) is 5.60 Å². The number of benzene rings is 1. The van der Waals surface area contributed by atoms with Gasteiger partial charge in [-0.3, -0.25) is 4.90 Å². The first-order valence-electron chi connectivity index (χ1n) is 7.88. The van der Waals surface area contributed by atoms with Gasteiger partial charge < -0.3 is 14.8 Å². The zero-order valence-corrected chi connectivity index (χ0v) is 15.6. The van der Waals surface area contributed by atoms with Crippen molar-refractivity contribution >= 4 is 22.0 Å². The zero-order chi connectivity index (χ0) is 16.9. The van der Waals surface area contributed by atoms with E-state index in [1.807, 2.05) is 32.9 Å². The van der Waals surface area contributed by atoms with E-state index in [9.17, 15) is 4.79 Å². The monoisotopic (exact) mass is 384 g/mol. The molecule has 2 rings (SSSR count). The molecule has 5 nitrogen and oxygen atoms in total.